The van der Waals surface area contributed by atoms with Gasteiger partial charge in [0.1, 0.15) is 5.82 Å². The highest BCUT2D eigenvalue weighted by molar-refractivity contribution is 9.10. The molecule has 4 nitrogen and oxygen atoms in total. The average molecular weight is 407 g/mol. The molecule has 0 unspecified atom stereocenters. The smallest absolute Gasteiger partial charge is 0.256 e. The van der Waals surface area contributed by atoms with Crippen LogP contribution in [0.15, 0.2) is 46.9 Å². The van der Waals surface area contributed by atoms with Gasteiger partial charge in [-0.3, -0.25) is 4.79 Å². The molecule has 132 valence electrons. The number of hydrogen-bond acceptors (Lipinski definition) is 3. The van der Waals surface area contributed by atoms with Crippen molar-refractivity contribution in [3.8, 4) is 0 Å². The normalized spacial score (nSPS) is 14.4. The van der Waals surface area contributed by atoms with E-state index < -0.39 is 5.82 Å². The lowest BCUT2D eigenvalue weighted by molar-refractivity contribution is 0.0780. The van der Waals surface area contributed by atoms with E-state index in [2.05, 4.69) is 33.0 Å². The lowest BCUT2D eigenvalue weighted by atomic mass is 10.1. The van der Waals surface area contributed by atoms with Crippen LogP contribution in [0.3, 0.4) is 0 Å². The number of nitrogens with zero attached hydrogens (tertiary/aromatic N) is 2. The van der Waals surface area contributed by atoms with Crippen molar-refractivity contribution in [2.45, 2.75) is 6.54 Å². The van der Waals surface area contributed by atoms with Crippen LogP contribution in [-0.2, 0) is 11.3 Å². The van der Waals surface area contributed by atoms with Gasteiger partial charge in [0.25, 0.3) is 5.91 Å². The van der Waals surface area contributed by atoms with E-state index in [9.17, 15) is 9.18 Å². The molecule has 1 aliphatic heterocycles. The van der Waals surface area contributed by atoms with E-state index >= 15 is 0 Å². The third-order valence-electron chi connectivity index (χ3n) is 4.24. The molecule has 0 spiro atoms. The first-order chi connectivity index (χ1) is 12.0. The maximum Gasteiger partial charge on any atom is 0.256 e. The van der Waals surface area contributed by atoms with Gasteiger partial charge in [-0.25, -0.2) is 4.39 Å². The van der Waals surface area contributed by atoms with Gasteiger partial charge in [0, 0.05) is 36.8 Å². The van der Waals surface area contributed by atoms with Gasteiger partial charge in [0.2, 0.25) is 0 Å². The van der Waals surface area contributed by atoms with E-state index in [4.69, 9.17) is 4.74 Å². The van der Waals surface area contributed by atoms with E-state index in [1.165, 1.54) is 17.0 Å². The summed E-state index contributed by atoms with van der Waals surface area (Å²) in [7, 11) is 1.68. The zero-order valence-electron chi connectivity index (χ0n) is 14.0. The molecule has 0 bridgehead atoms. The van der Waals surface area contributed by atoms with Crippen LogP contribution in [0.4, 0.5) is 10.1 Å². The molecule has 0 saturated carbocycles. The van der Waals surface area contributed by atoms with Crippen LogP contribution in [0, 0.1) is 5.82 Å². The fraction of sp³-hybridized carbons (Fsp3) is 0.316. The largest absolute Gasteiger partial charge is 0.378 e. The van der Waals surface area contributed by atoms with Crippen LogP contribution in [0.2, 0.25) is 0 Å². The van der Waals surface area contributed by atoms with Gasteiger partial charge >= 0.3 is 0 Å². The molecule has 2 aromatic carbocycles. The first kappa shape index (κ1) is 17.9. The summed E-state index contributed by atoms with van der Waals surface area (Å²) in [6, 6.07) is 12.6. The summed E-state index contributed by atoms with van der Waals surface area (Å²) in [6.45, 7) is 3.70. The lowest BCUT2D eigenvalue weighted by Gasteiger charge is -2.29. The first-order valence-corrected chi connectivity index (χ1v) is 8.96. The second-order valence-corrected chi connectivity index (χ2v) is 6.97. The maximum atomic E-state index is 14.0. The molecule has 0 N–H and O–H groups in total. The highest BCUT2D eigenvalue weighted by atomic mass is 79.9. The highest BCUT2D eigenvalue weighted by Crippen LogP contribution is 2.19. The van der Waals surface area contributed by atoms with Crippen LogP contribution < -0.4 is 4.90 Å². The number of amides is 1. The predicted octanol–water partition coefficient (Wildman–Crippen LogP) is 3.70. The van der Waals surface area contributed by atoms with E-state index in [0.717, 1.165) is 37.6 Å². The molecule has 1 fully saturated rings. The van der Waals surface area contributed by atoms with Crippen molar-refractivity contribution in [2.75, 3.05) is 38.3 Å². The van der Waals surface area contributed by atoms with Gasteiger partial charge in [-0.2, -0.15) is 0 Å². The first-order valence-electron chi connectivity index (χ1n) is 8.17. The molecule has 3 rings (SSSR count). The van der Waals surface area contributed by atoms with Crippen molar-refractivity contribution in [3.63, 3.8) is 0 Å². The Morgan fingerprint density at radius 1 is 1.20 bits per heavy atom. The molecule has 6 heteroatoms. The number of rotatable bonds is 4. The van der Waals surface area contributed by atoms with Crippen LogP contribution in [0.5, 0.6) is 0 Å². The molecule has 0 radical (unpaired) electrons. The fourth-order valence-electron chi connectivity index (χ4n) is 2.85. The minimum atomic E-state index is -0.520. The Hall–Kier alpha value is -1.92. The Bertz CT molecular complexity index is 746. The molecular formula is C19H20BrFN2O2. The molecule has 0 aromatic heterocycles. The summed E-state index contributed by atoms with van der Waals surface area (Å²) in [4.78, 5) is 16.2. The average Bonchev–Trinajstić information content (AvgIpc) is 2.62. The molecule has 2 aromatic rings. The minimum Gasteiger partial charge on any atom is -0.378 e. The number of halogens is 2. The topological polar surface area (TPSA) is 32.8 Å². The summed E-state index contributed by atoms with van der Waals surface area (Å²) < 4.78 is 19.9. The van der Waals surface area contributed by atoms with Crippen molar-refractivity contribution < 1.29 is 13.9 Å². The number of benzene rings is 2. The molecule has 0 aliphatic carbocycles. The molecule has 0 atom stereocenters. The van der Waals surface area contributed by atoms with Crippen LogP contribution in [0.25, 0.3) is 0 Å². The summed E-state index contributed by atoms with van der Waals surface area (Å²) in [6.07, 6.45) is 0. The van der Waals surface area contributed by atoms with Gasteiger partial charge < -0.3 is 14.5 Å². The van der Waals surface area contributed by atoms with Crippen molar-refractivity contribution in [1.29, 1.82) is 0 Å². The van der Waals surface area contributed by atoms with Crippen LogP contribution >= 0.6 is 15.9 Å². The number of ether oxygens (including phenoxy) is 1. The predicted molar refractivity (Wildman–Crippen MR) is 99.4 cm³/mol. The Balaban J connectivity index is 1.65. The Labute approximate surface area is 155 Å². The summed E-state index contributed by atoms with van der Waals surface area (Å²) >= 11 is 3.20. The van der Waals surface area contributed by atoms with Gasteiger partial charge in [0.05, 0.1) is 18.8 Å². The van der Waals surface area contributed by atoms with Gasteiger partial charge in [-0.15, -0.1) is 0 Å². The SMILES string of the molecule is CN(Cc1ccc(N2CCOCC2)cc1)C(=O)c1ccc(Br)cc1F. The Kier molecular flexibility index (Phi) is 5.71. The van der Waals surface area contributed by atoms with Crippen LogP contribution in [-0.4, -0.2) is 44.2 Å². The Morgan fingerprint density at radius 3 is 2.52 bits per heavy atom. The molecular weight excluding hydrogens is 387 g/mol. The number of carbonyl (C=O) groups excluding carboxylic acids is 1. The molecule has 25 heavy (non-hydrogen) atoms. The van der Waals surface area contributed by atoms with E-state index in [1.807, 2.05) is 12.1 Å². The van der Waals surface area contributed by atoms with E-state index in [1.54, 1.807) is 13.1 Å². The number of morpholine rings is 1. The van der Waals surface area contributed by atoms with Gasteiger partial charge in [0.15, 0.2) is 0 Å². The van der Waals surface area contributed by atoms with Crippen molar-refractivity contribution in [2.24, 2.45) is 0 Å². The van der Waals surface area contributed by atoms with Crippen molar-refractivity contribution in [3.05, 3.63) is 63.9 Å². The third kappa shape index (κ3) is 4.38. The highest BCUT2D eigenvalue weighted by Gasteiger charge is 2.17. The summed E-state index contributed by atoms with van der Waals surface area (Å²) in [5.74, 6) is -0.851. The third-order valence-corrected chi connectivity index (χ3v) is 4.73. The van der Waals surface area contributed by atoms with E-state index in [0.29, 0.717) is 11.0 Å². The summed E-state index contributed by atoms with van der Waals surface area (Å²) in [5, 5.41) is 0. The number of anilines is 1. The molecule has 1 saturated heterocycles. The van der Waals surface area contributed by atoms with Crippen molar-refractivity contribution >= 4 is 27.5 Å². The maximum absolute atomic E-state index is 14.0. The number of carbonyl (C=O) groups is 1. The second kappa shape index (κ2) is 7.97. The van der Waals surface area contributed by atoms with E-state index in [-0.39, 0.29) is 11.5 Å². The molecule has 1 heterocycles. The quantitative estimate of drug-likeness (QED) is 0.775. The van der Waals surface area contributed by atoms with Gasteiger partial charge in [-0.05, 0) is 35.9 Å². The minimum absolute atomic E-state index is 0.0793. The standard InChI is InChI=1S/C19H20BrFN2O2/c1-22(19(24)17-7-4-15(20)12-18(17)21)13-14-2-5-16(6-3-14)23-8-10-25-11-9-23/h2-7,12H,8-11,13H2,1H3. The van der Waals surface area contributed by atoms with Gasteiger partial charge in [-0.1, -0.05) is 28.1 Å². The fourth-order valence-corrected chi connectivity index (χ4v) is 3.18. The summed E-state index contributed by atoms with van der Waals surface area (Å²) in [5.41, 5.74) is 2.24. The Morgan fingerprint density at radius 2 is 1.88 bits per heavy atom. The van der Waals surface area contributed by atoms with Crippen molar-refractivity contribution in [1.82, 2.24) is 4.90 Å². The molecule has 1 aliphatic rings. The second-order valence-electron chi connectivity index (χ2n) is 6.05. The monoisotopic (exact) mass is 406 g/mol. The molecule has 1 amide bonds. The van der Waals surface area contributed by atoms with Crippen LogP contribution in [0.1, 0.15) is 15.9 Å². The number of hydrogen-bond donors (Lipinski definition) is 0. The lowest BCUT2D eigenvalue weighted by Crippen LogP contribution is -2.36. The zero-order valence-corrected chi connectivity index (χ0v) is 15.6. The zero-order chi connectivity index (χ0) is 17.8.